The van der Waals surface area contributed by atoms with Crippen LogP contribution in [0.25, 0.3) is 0 Å². The molecule has 2 rings (SSSR count). The number of aliphatic hydroxyl groups excluding tert-OH is 1. The van der Waals surface area contributed by atoms with Crippen molar-refractivity contribution in [2.75, 3.05) is 6.54 Å². The number of hydrogen-bond acceptors (Lipinski definition) is 8. The Kier molecular flexibility index (Phi) is 6.10. The second-order valence-corrected chi connectivity index (χ2v) is 7.69. The summed E-state index contributed by atoms with van der Waals surface area (Å²) in [5.74, 6) is -2.39. The summed E-state index contributed by atoms with van der Waals surface area (Å²) in [6, 6.07) is -1.08. The number of Topliss-reactive ketones (excluding diaryl/α,β-unsaturated/α-hetero) is 1. The van der Waals surface area contributed by atoms with Gasteiger partial charge in [0.1, 0.15) is 35.7 Å². The molecule has 0 fully saturated rings. The molecule has 1 unspecified atom stereocenters. The molecule has 0 saturated heterocycles. The van der Waals surface area contributed by atoms with Crippen LogP contribution in [0.1, 0.15) is 39.9 Å². The predicted molar refractivity (Wildman–Crippen MR) is 99.9 cm³/mol. The van der Waals surface area contributed by atoms with Crippen LogP contribution in [0, 0.1) is 17.0 Å². The van der Waals surface area contributed by atoms with Crippen molar-refractivity contribution in [2.24, 2.45) is 0 Å². The summed E-state index contributed by atoms with van der Waals surface area (Å²) in [4.78, 5) is 52.3. The normalized spacial score (nSPS) is 17.1. The number of nitro groups is 1. The van der Waals surface area contributed by atoms with Crippen molar-refractivity contribution in [3.05, 3.63) is 33.5 Å². The molecule has 11 nitrogen and oxygen atoms in total. The SMILES string of the molecule is CC(=O)C1=C(O)C(CC(=O)OC(C)(C)C)N(CCn2c([N+](=O)[O-])cnc2C)C1=O. The van der Waals surface area contributed by atoms with Gasteiger partial charge in [-0.15, -0.1) is 0 Å². The molecule has 1 aromatic rings. The molecular formula is C18H24N4O7. The standard InChI is InChI=1S/C18H24N4O7/c1-10(23)15-16(25)12(8-14(24)29-18(3,4)5)21(17(15)26)7-6-20-11(2)19-9-13(20)22(27)28/h9,12,25H,6-8H2,1-5H3. The van der Waals surface area contributed by atoms with Gasteiger partial charge in [0.15, 0.2) is 11.6 Å². The predicted octanol–water partition coefficient (Wildman–Crippen LogP) is 1.44. The van der Waals surface area contributed by atoms with Gasteiger partial charge >= 0.3 is 11.8 Å². The number of nitrogens with zero attached hydrogens (tertiary/aromatic N) is 4. The van der Waals surface area contributed by atoms with Crippen LogP contribution in [0.3, 0.4) is 0 Å². The molecule has 11 heteroatoms. The fourth-order valence-corrected chi connectivity index (χ4v) is 3.13. The van der Waals surface area contributed by atoms with Crippen LogP contribution in [-0.4, -0.2) is 60.3 Å². The number of carbonyl (C=O) groups is 3. The summed E-state index contributed by atoms with van der Waals surface area (Å²) in [5, 5.41) is 21.6. The quantitative estimate of drug-likeness (QED) is 0.309. The summed E-state index contributed by atoms with van der Waals surface area (Å²) in [7, 11) is 0. The van der Waals surface area contributed by atoms with Gasteiger partial charge in [-0.05, 0) is 32.6 Å². The monoisotopic (exact) mass is 408 g/mol. The summed E-state index contributed by atoms with van der Waals surface area (Å²) in [6.45, 7) is 7.68. The van der Waals surface area contributed by atoms with Gasteiger partial charge in [0.2, 0.25) is 0 Å². The largest absolute Gasteiger partial charge is 0.509 e. The third-order valence-corrected chi connectivity index (χ3v) is 4.34. The molecule has 29 heavy (non-hydrogen) atoms. The van der Waals surface area contributed by atoms with E-state index in [4.69, 9.17) is 4.74 Å². The van der Waals surface area contributed by atoms with E-state index < -0.39 is 45.6 Å². The smallest absolute Gasteiger partial charge is 0.342 e. The highest BCUT2D eigenvalue weighted by Gasteiger charge is 2.43. The molecular weight excluding hydrogens is 384 g/mol. The van der Waals surface area contributed by atoms with Crippen LogP contribution >= 0.6 is 0 Å². The van der Waals surface area contributed by atoms with E-state index in [2.05, 4.69) is 4.98 Å². The maximum absolute atomic E-state index is 12.7. The number of carbonyl (C=O) groups excluding carboxylic acids is 3. The number of aryl methyl sites for hydroxylation is 1. The third kappa shape index (κ3) is 4.79. The zero-order chi connectivity index (χ0) is 22.1. The van der Waals surface area contributed by atoms with Crippen LogP contribution in [0.5, 0.6) is 0 Å². The van der Waals surface area contributed by atoms with E-state index in [0.29, 0.717) is 5.82 Å². The molecule has 1 aliphatic rings. The fraction of sp³-hybridized carbons (Fsp3) is 0.556. The van der Waals surface area contributed by atoms with Crippen molar-refractivity contribution in [1.29, 1.82) is 0 Å². The number of aliphatic hydroxyl groups is 1. The topological polar surface area (TPSA) is 145 Å². The Labute approximate surface area is 167 Å². The second kappa shape index (κ2) is 8.02. The van der Waals surface area contributed by atoms with Crippen LogP contribution in [-0.2, 0) is 25.7 Å². The Morgan fingerprint density at radius 3 is 2.48 bits per heavy atom. The number of esters is 1. The Hall–Kier alpha value is -3.24. The van der Waals surface area contributed by atoms with Gasteiger partial charge < -0.3 is 24.9 Å². The highest BCUT2D eigenvalue weighted by atomic mass is 16.6. The minimum absolute atomic E-state index is 0.00281. The van der Waals surface area contributed by atoms with E-state index in [1.54, 1.807) is 27.7 Å². The highest BCUT2D eigenvalue weighted by molar-refractivity contribution is 6.20. The maximum atomic E-state index is 12.7. The lowest BCUT2D eigenvalue weighted by Crippen LogP contribution is -2.40. The van der Waals surface area contributed by atoms with E-state index in [9.17, 15) is 29.6 Å². The van der Waals surface area contributed by atoms with Crippen molar-refractivity contribution in [3.8, 4) is 0 Å². The average molecular weight is 408 g/mol. The Bertz CT molecular complexity index is 895. The van der Waals surface area contributed by atoms with Crippen LogP contribution < -0.4 is 0 Å². The Morgan fingerprint density at radius 2 is 1.97 bits per heavy atom. The zero-order valence-corrected chi connectivity index (χ0v) is 17.0. The molecule has 0 bridgehead atoms. The summed E-state index contributed by atoms with van der Waals surface area (Å²) >= 11 is 0. The number of aromatic nitrogens is 2. The van der Waals surface area contributed by atoms with Crippen molar-refractivity contribution >= 4 is 23.5 Å². The van der Waals surface area contributed by atoms with Gasteiger partial charge in [-0.25, -0.2) is 9.55 Å². The first-order chi connectivity index (χ1) is 13.3. The first-order valence-corrected chi connectivity index (χ1v) is 8.97. The number of rotatable bonds is 7. The number of hydrogen-bond donors (Lipinski definition) is 1. The third-order valence-electron chi connectivity index (χ3n) is 4.34. The van der Waals surface area contributed by atoms with Crippen molar-refractivity contribution in [1.82, 2.24) is 14.5 Å². The lowest BCUT2D eigenvalue weighted by Gasteiger charge is -2.26. The van der Waals surface area contributed by atoms with Crippen LogP contribution in [0.4, 0.5) is 5.82 Å². The van der Waals surface area contributed by atoms with E-state index in [1.807, 2.05) is 0 Å². The van der Waals surface area contributed by atoms with Crippen molar-refractivity contribution in [3.63, 3.8) is 0 Å². The average Bonchev–Trinajstić information content (AvgIpc) is 3.02. The highest BCUT2D eigenvalue weighted by Crippen LogP contribution is 2.28. The van der Waals surface area contributed by atoms with E-state index >= 15 is 0 Å². The minimum atomic E-state index is -1.08. The summed E-state index contributed by atoms with van der Waals surface area (Å²) < 4.78 is 6.55. The first kappa shape index (κ1) is 22.1. The molecule has 1 amide bonds. The van der Waals surface area contributed by atoms with Crippen LogP contribution in [0.15, 0.2) is 17.5 Å². The maximum Gasteiger partial charge on any atom is 0.342 e. The van der Waals surface area contributed by atoms with Gasteiger partial charge in [-0.1, -0.05) is 0 Å². The van der Waals surface area contributed by atoms with Gasteiger partial charge in [0.25, 0.3) is 5.91 Å². The van der Waals surface area contributed by atoms with E-state index in [-0.39, 0.29) is 25.3 Å². The molecule has 0 saturated carbocycles. The van der Waals surface area contributed by atoms with Crippen molar-refractivity contribution in [2.45, 2.75) is 59.2 Å². The van der Waals surface area contributed by atoms with Gasteiger partial charge in [-0.3, -0.25) is 14.4 Å². The lowest BCUT2D eigenvalue weighted by molar-refractivity contribution is -0.392. The number of imidazole rings is 1. The Morgan fingerprint density at radius 1 is 1.34 bits per heavy atom. The van der Waals surface area contributed by atoms with Gasteiger partial charge in [0.05, 0.1) is 13.0 Å². The minimum Gasteiger partial charge on any atom is -0.509 e. The first-order valence-electron chi connectivity index (χ1n) is 8.97. The molecule has 1 aromatic heterocycles. The van der Waals surface area contributed by atoms with E-state index in [0.717, 1.165) is 18.0 Å². The zero-order valence-electron chi connectivity index (χ0n) is 17.0. The number of ketones is 1. The molecule has 1 aliphatic heterocycles. The molecule has 1 atom stereocenters. The number of amides is 1. The van der Waals surface area contributed by atoms with E-state index in [1.165, 1.54) is 4.57 Å². The summed E-state index contributed by atoms with van der Waals surface area (Å²) in [6.07, 6.45) is 0.757. The second-order valence-electron chi connectivity index (χ2n) is 7.69. The molecule has 1 N–H and O–H groups in total. The molecule has 158 valence electrons. The number of ether oxygens (including phenoxy) is 1. The van der Waals surface area contributed by atoms with Gasteiger partial charge in [0, 0.05) is 6.92 Å². The van der Waals surface area contributed by atoms with Gasteiger partial charge in [-0.2, -0.15) is 0 Å². The lowest BCUT2D eigenvalue weighted by atomic mass is 10.1. The van der Waals surface area contributed by atoms with Crippen molar-refractivity contribution < 1.29 is 29.2 Å². The molecule has 0 aliphatic carbocycles. The molecule has 0 spiro atoms. The molecule has 2 heterocycles. The van der Waals surface area contributed by atoms with Crippen LogP contribution in [0.2, 0.25) is 0 Å². The molecule has 0 radical (unpaired) electrons. The molecule has 0 aromatic carbocycles. The Balaban J connectivity index is 2.27. The summed E-state index contributed by atoms with van der Waals surface area (Å²) in [5.41, 5.74) is -1.16. The fourth-order valence-electron chi connectivity index (χ4n) is 3.13.